The standard InChI is InChI=1S/C14H19BrN2O/c1-3-7-16-13-6-8-17(14(13)18)11-4-5-12(15)10(2)9-11/h4-5,9,13,16H,3,6-8H2,1-2H3. The number of nitrogens with one attached hydrogen (secondary N) is 1. The first-order chi connectivity index (χ1) is 8.63. The summed E-state index contributed by atoms with van der Waals surface area (Å²) < 4.78 is 1.08. The van der Waals surface area contributed by atoms with E-state index in [2.05, 4.69) is 34.2 Å². The summed E-state index contributed by atoms with van der Waals surface area (Å²) >= 11 is 3.48. The van der Waals surface area contributed by atoms with Gasteiger partial charge in [0.15, 0.2) is 0 Å². The van der Waals surface area contributed by atoms with Crippen LogP contribution >= 0.6 is 15.9 Å². The van der Waals surface area contributed by atoms with Crippen LogP contribution in [0.5, 0.6) is 0 Å². The quantitative estimate of drug-likeness (QED) is 0.927. The van der Waals surface area contributed by atoms with E-state index in [1.807, 2.05) is 24.0 Å². The SMILES string of the molecule is CCCNC1CCN(c2ccc(Br)c(C)c2)C1=O. The molecule has 0 saturated carbocycles. The third kappa shape index (κ3) is 2.75. The normalized spacial score (nSPS) is 19.6. The molecule has 0 aromatic heterocycles. The molecule has 3 nitrogen and oxygen atoms in total. The molecule has 18 heavy (non-hydrogen) atoms. The van der Waals surface area contributed by atoms with Gasteiger partial charge in [-0.25, -0.2) is 0 Å². The topological polar surface area (TPSA) is 32.3 Å². The van der Waals surface area contributed by atoms with Gasteiger partial charge in [-0.3, -0.25) is 4.79 Å². The van der Waals surface area contributed by atoms with Gasteiger partial charge in [-0.15, -0.1) is 0 Å². The van der Waals surface area contributed by atoms with Crippen molar-refractivity contribution in [2.45, 2.75) is 32.7 Å². The van der Waals surface area contributed by atoms with Crippen molar-refractivity contribution in [2.75, 3.05) is 18.0 Å². The van der Waals surface area contributed by atoms with Gasteiger partial charge in [0.2, 0.25) is 5.91 Å². The Bertz CT molecular complexity index is 447. The molecule has 1 fully saturated rings. The van der Waals surface area contributed by atoms with Crippen LogP contribution in [-0.4, -0.2) is 25.0 Å². The van der Waals surface area contributed by atoms with Gasteiger partial charge in [0.1, 0.15) is 0 Å². The number of carbonyl (C=O) groups is 1. The average molecular weight is 311 g/mol. The molecule has 1 atom stereocenters. The summed E-state index contributed by atoms with van der Waals surface area (Å²) in [7, 11) is 0. The highest BCUT2D eigenvalue weighted by Gasteiger charge is 2.31. The highest BCUT2D eigenvalue weighted by molar-refractivity contribution is 9.10. The minimum atomic E-state index is -0.00565. The molecule has 0 bridgehead atoms. The summed E-state index contributed by atoms with van der Waals surface area (Å²) in [5.41, 5.74) is 2.16. The molecule has 1 aliphatic heterocycles. The fourth-order valence-electron chi connectivity index (χ4n) is 2.24. The summed E-state index contributed by atoms with van der Waals surface area (Å²) in [5.74, 6) is 0.199. The van der Waals surface area contributed by atoms with Crippen molar-refractivity contribution in [2.24, 2.45) is 0 Å². The van der Waals surface area contributed by atoms with E-state index >= 15 is 0 Å². The van der Waals surface area contributed by atoms with Crippen molar-refractivity contribution in [1.82, 2.24) is 5.32 Å². The number of anilines is 1. The fraction of sp³-hybridized carbons (Fsp3) is 0.500. The highest BCUT2D eigenvalue weighted by atomic mass is 79.9. The van der Waals surface area contributed by atoms with Crippen LogP contribution in [0.25, 0.3) is 0 Å². The summed E-state index contributed by atoms with van der Waals surface area (Å²) in [5, 5.41) is 3.31. The Morgan fingerprint density at radius 2 is 2.28 bits per heavy atom. The lowest BCUT2D eigenvalue weighted by atomic mass is 10.2. The Hall–Kier alpha value is -0.870. The van der Waals surface area contributed by atoms with Crippen molar-refractivity contribution in [1.29, 1.82) is 0 Å². The number of amides is 1. The van der Waals surface area contributed by atoms with Crippen LogP contribution < -0.4 is 10.2 Å². The lowest BCUT2D eigenvalue weighted by Gasteiger charge is -2.18. The molecule has 1 aromatic rings. The second-order valence-corrected chi connectivity index (χ2v) is 5.57. The molecule has 98 valence electrons. The van der Waals surface area contributed by atoms with E-state index in [1.54, 1.807) is 0 Å². The number of hydrogen-bond donors (Lipinski definition) is 1. The fourth-order valence-corrected chi connectivity index (χ4v) is 2.49. The summed E-state index contributed by atoms with van der Waals surface area (Å²) in [6, 6.07) is 6.06. The van der Waals surface area contributed by atoms with Crippen molar-refractivity contribution in [3.8, 4) is 0 Å². The van der Waals surface area contributed by atoms with Gasteiger partial charge in [-0.05, 0) is 50.1 Å². The Labute approximate surface area is 117 Å². The molecule has 1 aromatic carbocycles. The molecule has 0 radical (unpaired) electrons. The molecule has 0 aliphatic carbocycles. The van der Waals surface area contributed by atoms with Crippen molar-refractivity contribution < 1.29 is 4.79 Å². The molecule has 4 heteroatoms. The Balaban J connectivity index is 2.10. The first-order valence-electron chi connectivity index (χ1n) is 6.44. The van der Waals surface area contributed by atoms with Crippen LogP contribution in [-0.2, 0) is 4.79 Å². The van der Waals surface area contributed by atoms with Crippen LogP contribution in [0, 0.1) is 6.92 Å². The number of rotatable bonds is 4. The zero-order valence-electron chi connectivity index (χ0n) is 10.9. The number of carbonyl (C=O) groups excluding carboxylic acids is 1. The minimum Gasteiger partial charge on any atom is -0.311 e. The zero-order valence-corrected chi connectivity index (χ0v) is 12.5. The van der Waals surface area contributed by atoms with Gasteiger partial charge in [-0.1, -0.05) is 22.9 Å². The van der Waals surface area contributed by atoms with Crippen molar-refractivity contribution >= 4 is 27.5 Å². The number of aryl methyl sites for hydroxylation is 1. The third-order valence-electron chi connectivity index (χ3n) is 3.30. The summed E-state index contributed by atoms with van der Waals surface area (Å²) in [6.07, 6.45) is 1.95. The molecule has 2 rings (SSSR count). The predicted octanol–water partition coefficient (Wildman–Crippen LogP) is 2.86. The molecule has 1 heterocycles. The molecule has 1 N–H and O–H groups in total. The van der Waals surface area contributed by atoms with Crippen molar-refractivity contribution in [3.63, 3.8) is 0 Å². The van der Waals surface area contributed by atoms with Crippen LogP contribution in [0.15, 0.2) is 22.7 Å². The molecule has 1 aliphatic rings. The van der Waals surface area contributed by atoms with Crippen LogP contribution in [0.1, 0.15) is 25.3 Å². The Morgan fingerprint density at radius 1 is 1.50 bits per heavy atom. The molecule has 1 unspecified atom stereocenters. The maximum Gasteiger partial charge on any atom is 0.244 e. The van der Waals surface area contributed by atoms with Crippen molar-refractivity contribution in [3.05, 3.63) is 28.2 Å². The van der Waals surface area contributed by atoms with Gasteiger partial charge in [0.05, 0.1) is 6.04 Å². The number of benzene rings is 1. The highest BCUT2D eigenvalue weighted by Crippen LogP contribution is 2.26. The molecular weight excluding hydrogens is 292 g/mol. The van der Waals surface area contributed by atoms with Gasteiger partial charge in [0, 0.05) is 16.7 Å². The first kappa shape index (κ1) is 13.6. The Morgan fingerprint density at radius 3 is 2.94 bits per heavy atom. The summed E-state index contributed by atoms with van der Waals surface area (Å²) in [4.78, 5) is 14.1. The minimum absolute atomic E-state index is 0.00565. The van der Waals surface area contributed by atoms with E-state index < -0.39 is 0 Å². The molecule has 1 saturated heterocycles. The monoisotopic (exact) mass is 310 g/mol. The molecular formula is C14H19BrN2O. The van der Waals surface area contributed by atoms with Gasteiger partial charge in [0.25, 0.3) is 0 Å². The van der Waals surface area contributed by atoms with Gasteiger partial charge >= 0.3 is 0 Å². The van der Waals surface area contributed by atoms with Crippen LogP contribution in [0.3, 0.4) is 0 Å². The van der Waals surface area contributed by atoms with E-state index in [1.165, 1.54) is 0 Å². The maximum atomic E-state index is 12.3. The smallest absolute Gasteiger partial charge is 0.244 e. The van der Waals surface area contributed by atoms with E-state index in [0.29, 0.717) is 0 Å². The predicted molar refractivity (Wildman–Crippen MR) is 77.9 cm³/mol. The molecule has 0 spiro atoms. The lowest BCUT2D eigenvalue weighted by Crippen LogP contribution is -2.38. The average Bonchev–Trinajstić information content (AvgIpc) is 2.72. The Kier molecular flexibility index (Phi) is 4.40. The van der Waals surface area contributed by atoms with Crippen LogP contribution in [0.2, 0.25) is 0 Å². The van der Waals surface area contributed by atoms with Crippen LogP contribution in [0.4, 0.5) is 5.69 Å². The third-order valence-corrected chi connectivity index (χ3v) is 4.19. The summed E-state index contributed by atoms with van der Waals surface area (Å²) in [6.45, 7) is 5.87. The van der Waals surface area contributed by atoms with E-state index in [9.17, 15) is 4.79 Å². The largest absolute Gasteiger partial charge is 0.311 e. The molecule has 1 amide bonds. The van der Waals surface area contributed by atoms with Gasteiger partial charge in [-0.2, -0.15) is 0 Å². The van der Waals surface area contributed by atoms with E-state index in [0.717, 1.165) is 41.7 Å². The first-order valence-corrected chi connectivity index (χ1v) is 7.23. The van der Waals surface area contributed by atoms with E-state index in [4.69, 9.17) is 0 Å². The van der Waals surface area contributed by atoms with E-state index in [-0.39, 0.29) is 11.9 Å². The number of hydrogen-bond acceptors (Lipinski definition) is 2. The second kappa shape index (κ2) is 5.85. The number of halogens is 1. The lowest BCUT2D eigenvalue weighted by molar-refractivity contribution is -0.118. The number of nitrogens with zero attached hydrogens (tertiary/aromatic N) is 1. The maximum absolute atomic E-state index is 12.3. The second-order valence-electron chi connectivity index (χ2n) is 4.72. The zero-order chi connectivity index (χ0) is 13.1. The van der Waals surface area contributed by atoms with Gasteiger partial charge < -0.3 is 10.2 Å².